The fourth-order valence-electron chi connectivity index (χ4n) is 2.42. The molecule has 0 aromatic carbocycles. The van der Waals surface area contributed by atoms with Gasteiger partial charge in [-0.15, -0.1) is 0 Å². The molecule has 2 rings (SSSR count). The van der Waals surface area contributed by atoms with Crippen LogP contribution >= 0.6 is 0 Å². The third-order valence-electron chi connectivity index (χ3n) is 3.74. The topological polar surface area (TPSA) is 39.3 Å². The summed E-state index contributed by atoms with van der Waals surface area (Å²) >= 11 is 0. The van der Waals surface area contributed by atoms with E-state index < -0.39 is 0 Å². The number of nitrogens with one attached hydrogen (secondary N) is 3. The molecule has 0 aromatic heterocycles. The van der Waals surface area contributed by atoms with Crippen molar-refractivity contribution < 1.29 is 0 Å². The second-order valence-corrected chi connectivity index (χ2v) is 4.40. The molecule has 4 heteroatoms. The van der Waals surface area contributed by atoms with Crippen molar-refractivity contribution >= 4 is 0 Å². The van der Waals surface area contributed by atoms with Gasteiger partial charge >= 0.3 is 0 Å². The Hall–Kier alpha value is -0.160. The molecule has 13 heavy (non-hydrogen) atoms. The smallest absolute Gasteiger partial charge is 0.100 e. The Morgan fingerprint density at radius 1 is 1.00 bits per heavy atom. The van der Waals surface area contributed by atoms with E-state index in [1.54, 1.807) is 0 Å². The molecule has 2 heterocycles. The average Bonchev–Trinajstić information content (AvgIpc) is 2.09. The van der Waals surface area contributed by atoms with E-state index in [2.05, 4.69) is 41.7 Å². The van der Waals surface area contributed by atoms with Crippen molar-refractivity contribution in [1.29, 1.82) is 0 Å². The summed E-state index contributed by atoms with van der Waals surface area (Å²) in [5.41, 5.74) is 0.0295. The minimum Gasteiger partial charge on any atom is -0.296 e. The number of piperazine rings is 2. The zero-order chi connectivity index (χ0) is 9.53. The third-order valence-corrected chi connectivity index (χ3v) is 3.74. The van der Waals surface area contributed by atoms with E-state index in [0.717, 1.165) is 26.2 Å². The van der Waals surface area contributed by atoms with E-state index >= 15 is 0 Å². The van der Waals surface area contributed by atoms with Crippen LogP contribution in [-0.4, -0.2) is 49.5 Å². The van der Waals surface area contributed by atoms with Gasteiger partial charge in [-0.25, -0.2) is 0 Å². The molecule has 2 saturated heterocycles. The first-order chi connectivity index (χ1) is 6.08. The van der Waals surface area contributed by atoms with E-state index in [1.165, 1.54) is 0 Å². The molecule has 0 bridgehead atoms. The molecule has 2 atom stereocenters. The van der Waals surface area contributed by atoms with Crippen LogP contribution in [0.3, 0.4) is 0 Å². The average molecular weight is 184 g/mol. The van der Waals surface area contributed by atoms with E-state index in [-0.39, 0.29) is 11.3 Å². The number of hydrogen-bond acceptors (Lipinski definition) is 4. The zero-order valence-electron chi connectivity index (χ0n) is 8.78. The molecule has 2 fully saturated rings. The third kappa shape index (κ3) is 1.21. The Morgan fingerprint density at radius 2 is 1.62 bits per heavy atom. The van der Waals surface area contributed by atoms with Crippen LogP contribution in [0.25, 0.3) is 0 Å². The predicted octanol–water partition coefficient (Wildman–Crippen LogP) is -0.853. The molecule has 0 aliphatic carbocycles. The normalized spacial score (nSPS) is 47.3. The Balaban J connectivity index is 2.27. The van der Waals surface area contributed by atoms with Crippen molar-refractivity contribution in [3.8, 4) is 0 Å². The summed E-state index contributed by atoms with van der Waals surface area (Å²) in [6.45, 7) is 8.71. The first kappa shape index (κ1) is 9.40. The molecular weight excluding hydrogens is 164 g/mol. The predicted molar refractivity (Wildman–Crippen MR) is 53.4 cm³/mol. The van der Waals surface area contributed by atoms with Gasteiger partial charge in [0.1, 0.15) is 5.66 Å². The van der Waals surface area contributed by atoms with Crippen molar-refractivity contribution in [2.24, 2.45) is 0 Å². The van der Waals surface area contributed by atoms with Gasteiger partial charge < -0.3 is 0 Å². The SMILES string of the molecule is CN1CCN[C@]2(C)NCCN[C@]12C. The standard InChI is InChI=1S/C9H20N4/c1-8-9(2,12-5-4-10-8)13(3)7-6-11-8/h10-12H,4-7H2,1-3H3/t8-,9+/m0/s1. The summed E-state index contributed by atoms with van der Waals surface area (Å²) in [6, 6.07) is 0. The fraction of sp³-hybridized carbons (Fsp3) is 1.00. The van der Waals surface area contributed by atoms with Crippen LogP contribution in [0.2, 0.25) is 0 Å². The molecule has 0 amide bonds. The van der Waals surface area contributed by atoms with Crippen molar-refractivity contribution in [3.05, 3.63) is 0 Å². The molecule has 0 unspecified atom stereocenters. The van der Waals surface area contributed by atoms with Gasteiger partial charge in [0, 0.05) is 26.2 Å². The highest BCUT2D eigenvalue weighted by molar-refractivity contribution is 5.08. The van der Waals surface area contributed by atoms with E-state index in [0.29, 0.717) is 0 Å². The molecule has 2 aliphatic rings. The summed E-state index contributed by atoms with van der Waals surface area (Å²) in [5, 5.41) is 10.7. The number of fused-ring (bicyclic) bond motifs is 1. The summed E-state index contributed by atoms with van der Waals surface area (Å²) < 4.78 is 0. The maximum absolute atomic E-state index is 3.59. The van der Waals surface area contributed by atoms with E-state index in [9.17, 15) is 0 Å². The second kappa shape index (κ2) is 2.92. The van der Waals surface area contributed by atoms with Gasteiger partial charge in [0.15, 0.2) is 0 Å². The maximum atomic E-state index is 3.59. The minimum atomic E-state index is -0.00174. The molecule has 3 N–H and O–H groups in total. The van der Waals surface area contributed by atoms with Gasteiger partial charge in [0.2, 0.25) is 0 Å². The van der Waals surface area contributed by atoms with Crippen molar-refractivity contribution in [1.82, 2.24) is 20.9 Å². The van der Waals surface area contributed by atoms with E-state index in [4.69, 9.17) is 0 Å². The van der Waals surface area contributed by atoms with Gasteiger partial charge in [-0.05, 0) is 20.9 Å². The molecule has 0 radical (unpaired) electrons. The van der Waals surface area contributed by atoms with E-state index in [1.807, 2.05) is 0 Å². The molecular formula is C9H20N4. The lowest BCUT2D eigenvalue weighted by Gasteiger charge is -2.58. The second-order valence-electron chi connectivity index (χ2n) is 4.40. The van der Waals surface area contributed by atoms with Gasteiger partial charge in [0.05, 0.1) is 5.66 Å². The van der Waals surface area contributed by atoms with Gasteiger partial charge in [-0.2, -0.15) is 0 Å². The quantitative estimate of drug-likeness (QED) is 0.458. The fourth-order valence-corrected chi connectivity index (χ4v) is 2.42. The van der Waals surface area contributed by atoms with Crippen LogP contribution in [-0.2, 0) is 0 Å². The highest BCUT2D eigenvalue weighted by Gasteiger charge is 2.50. The lowest BCUT2D eigenvalue weighted by Crippen LogP contribution is -2.84. The highest BCUT2D eigenvalue weighted by atomic mass is 15.5. The van der Waals surface area contributed by atoms with Crippen LogP contribution in [0.4, 0.5) is 0 Å². The van der Waals surface area contributed by atoms with Gasteiger partial charge in [-0.1, -0.05) is 0 Å². The minimum absolute atomic E-state index is 0.00174. The maximum Gasteiger partial charge on any atom is 0.100 e. The molecule has 2 aliphatic heterocycles. The van der Waals surface area contributed by atoms with Crippen LogP contribution in [0.15, 0.2) is 0 Å². The lowest BCUT2D eigenvalue weighted by molar-refractivity contribution is -0.0577. The zero-order valence-corrected chi connectivity index (χ0v) is 8.78. The van der Waals surface area contributed by atoms with Crippen molar-refractivity contribution in [3.63, 3.8) is 0 Å². The Bertz CT molecular complexity index is 204. The van der Waals surface area contributed by atoms with Crippen LogP contribution < -0.4 is 16.0 Å². The number of hydrogen-bond donors (Lipinski definition) is 3. The molecule has 0 saturated carbocycles. The molecule has 76 valence electrons. The molecule has 0 spiro atoms. The van der Waals surface area contributed by atoms with Crippen LogP contribution in [0, 0.1) is 0 Å². The summed E-state index contributed by atoms with van der Waals surface area (Å²) in [5.74, 6) is 0. The summed E-state index contributed by atoms with van der Waals surface area (Å²) in [6.07, 6.45) is 0. The summed E-state index contributed by atoms with van der Waals surface area (Å²) in [4.78, 5) is 2.38. The largest absolute Gasteiger partial charge is 0.296 e. The first-order valence-electron chi connectivity index (χ1n) is 5.05. The number of nitrogens with zero attached hydrogens (tertiary/aromatic N) is 1. The Morgan fingerprint density at radius 3 is 2.31 bits per heavy atom. The van der Waals surface area contributed by atoms with Gasteiger partial charge in [0.25, 0.3) is 0 Å². The highest BCUT2D eigenvalue weighted by Crippen LogP contribution is 2.27. The number of likely N-dealkylation sites (N-methyl/N-ethyl adjacent to an activating group) is 1. The number of rotatable bonds is 0. The van der Waals surface area contributed by atoms with Crippen molar-refractivity contribution in [2.45, 2.75) is 25.2 Å². The monoisotopic (exact) mass is 184 g/mol. The van der Waals surface area contributed by atoms with Crippen LogP contribution in [0.1, 0.15) is 13.8 Å². The summed E-state index contributed by atoms with van der Waals surface area (Å²) in [7, 11) is 2.18. The Labute approximate surface area is 80.1 Å². The lowest BCUT2D eigenvalue weighted by atomic mass is 9.89. The first-order valence-corrected chi connectivity index (χ1v) is 5.05. The van der Waals surface area contributed by atoms with Crippen molar-refractivity contribution in [2.75, 3.05) is 33.2 Å². The molecule has 4 nitrogen and oxygen atoms in total. The molecule has 0 aromatic rings. The van der Waals surface area contributed by atoms with Gasteiger partial charge in [-0.3, -0.25) is 20.9 Å². The van der Waals surface area contributed by atoms with Crippen LogP contribution in [0.5, 0.6) is 0 Å². The Kier molecular flexibility index (Phi) is 2.11.